The molecule has 1 aromatic carbocycles. The van der Waals surface area contributed by atoms with Gasteiger partial charge in [0, 0.05) is 6.07 Å². The van der Waals surface area contributed by atoms with Crippen LogP contribution < -0.4 is 15.9 Å². The molecule has 1 aliphatic rings. The maximum absolute atomic E-state index is 12.2. The number of aliphatic hydroxyl groups is 1. The molecular formula is C17H14N2O4. The number of allylic oxidation sites excluding steroid dienone is 1. The first-order valence-corrected chi connectivity index (χ1v) is 6.97. The van der Waals surface area contributed by atoms with Crippen LogP contribution in [-0.4, -0.2) is 5.11 Å². The summed E-state index contributed by atoms with van der Waals surface area (Å²) in [5.74, 6) is -0.533. The van der Waals surface area contributed by atoms with E-state index >= 15 is 0 Å². The highest BCUT2D eigenvalue weighted by atomic mass is 16.5. The summed E-state index contributed by atoms with van der Waals surface area (Å²) in [5, 5.41) is 18.7. The van der Waals surface area contributed by atoms with Crippen molar-refractivity contribution in [1.82, 2.24) is 0 Å². The Balaban J connectivity index is 2.31. The average Bonchev–Trinajstić information content (AvgIpc) is 2.54. The van der Waals surface area contributed by atoms with Crippen LogP contribution in [0, 0.1) is 18.3 Å². The molecule has 0 fully saturated rings. The zero-order valence-electron chi connectivity index (χ0n) is 12.4. The highest BCUT2D eigenvalue weighted by Gasteiger charge is 2.35. The molecule has 6 nitrogen and oxygen atoms in total. The van der Waals surface area contributed by atoms with Crippen molar-refractivity contribution in [3.05, 3.63) is 74.7 Å². The van der Waals surface area contributed by atoms with Crippen molar-refractivity contribution in [2.45, 2.75) is 19.4 Å². The molecule has 3 N–H and O–H groups in total. The number of hydrogen-bond donors (Lipinski definition) is 2. The van der Waals surface area contributed by atoms with Gasteiger partial charge in [-0.3, -0.25) is 4.79 Å². The number of fused-ring (bicyclic) bond motifs is 1. The van der Waals surface area contributed by atoms with Crippen LogP contribution in [-0.2, 0) is 6.61 Å². The number of rotatable bonds is 2. The van der Waals surface area contributed by atoms with Gasteiger partial charge in [0.25, 0.3) is 0 Å². The maximum atomic E-state index is 12.2. The molecule has 0 amide bonds. The Kier molecular flexibility index (Phi) is 3.64. The summed E-state index contributed by atoms with van der Waals surface area (Å²) in [4.78, 5) is 12.2. The summed E-state index contributed by atoms with van der Waals surface area (Å²) in [5.41, 5.74) is 7.28. The van der Waals surface area contributed by atoms with Gasteiger partial charge in [0.1, 0.15) is 24.0 Å². The van der Waals surface area contributed by atoms with Crippen LogP contribution >= 0.6 is 0 Å². The fourth-order valence-electron chi connectivity index (χ4n) is 2.64. The summed E-state index contributed by atoms with van der Waals surface area (Å²) < 4.78 is 10.9. The Hall–Kier alpha value is -3.04. The minimum atomic E-state index is -0.650. The third-order valence-electron chi connectivity index (χ3n) is 3.66. The lowest BCUT2D eigenvalue weighted by atomic mass is 9.87. The molecule has 0 spiro atoms. The van der Waals surface area contributed by atoms with E-state index in [9.17, 15) is 15.2 Å². The second-order valence-corrected chi connectivity index (χ2v) is 5.27. The van der Waals surface area contributed by atoms with E-state index in [1.54, 1.807) is 0 Å². The number of nitrogens with two attached hydrogens (primary N) is 1. The first-order valence-electron chi connectivity index (χ1n) is 6.97. The molecule has 0 radical (unpaired) electrons. The molecule has 0 bridgehead atoms. The summed E-state index contributed by atoms with van der Waals surface area (Å²) in [6.07, 6.45) is 0. The lowest BCUT2D eigenvalue weighted by Crippen LogP contribution is -2.25. The Morgan fingerprint density at radius 2 is 2.17 bits per heavy atom. The average molecular weight is 310 g/mol. The van der Waals surface area contributed by atoms with E-state index in [4.69, 9.17) is 14.9 Å². The van der Waals surface area contributed by atoms with Crippen molar-refractivity contribution in [2.75, 3.05) is 0 Å². The molecule has 6 heteroatoms. The number of hydrogen-bond acceptors (Lipinski definition) is 6. The lowest BCUT2D eigenvalue weighted by Gasteiger charge is -2.24. The summed E-state index contributed by atoms with van der Waals surface area (Å²) >= 11 is 0. The van der Waals surface area contributed by atoms with Gasteiger partial charge in [0.15, 0.2) is 5.76 Å². The molecule has 2 aromatic rings. The predicted molar refractivity (Wildman–Crippen MR) is 81.4 cm³/mol. The van der Waals surface area contributed by atoms with Gasteiger partial charge < -0.3 is 20.0 Å². The molecule has 1 aromatic heterocycles. The van der Waals surface area contributed by atoms with Crippen molar-refractivity contribution in [3.63, 3.8) is 0 Å². The number of ether oxygens (including phenoxy) is 1. The highest BCUT2D eigenvalue weighted by molar-refractivity contribution is 5.52. The molecule has 1 aliphatic heterocycles. The van der Waals surface area contributed by atoms with E-state index in [1.165, 1.54) is 0 Å². The van der Waals surface area contributed by atoms with Crippen molar-refractivity contribution >= 4 is 0 Å². The van der Waals surface area contributed by atoms with E-state index in [2.05, 4.69) is 0 Å². The van der Waals surface area contributed by atoms with Gasteiger partial charge >= 0.3 is 0 Å². The molecule has 1 atom stereocenters. The van der Waals surface area contributed by atoms with E-state index in [0.717, 1.165) is 17.2 Å². The molecule has 23 heavy (non-hydrogen) atoms. The summed E-state index contributed by atoms with van der Waals surface area (Å²) in [7, 11) is 0. The van der Waals surface area contributed by atoms with Crippen molar-refractivity contribution in [1.29, 1.82) is 5.26 Å². The van der Waals surface area contributed by atoms with Crippen molar-refractivity contribution in [2.24, 2.45) is 5.73 Å². The van der Waals surface area contributed by atoms with Crippen LogP contribution in [0.5, 0.6) is 5.75 Å². The third kappa shape index (κ3) is 2.47. The topological polar surface area (TPSA) is 109 Å². The molecule has 0 saturated carbocycles. The van der Waals surface area contributed by atoms with E-state index < -0.39 is 18.0 Å². The smallest absolute Gasteiger partial charge is 0.228 e. The molecule has 2 heterocycles. The van der Waals surface area contributed by atoms with Gasteiger partial charge in [-0.25, -0.2) is 0 Å². The minimum absolute atomic E-state index is 0.0507. The predicted octanol–water partition coefficient (Wildman–Crippen LogP) is 1.66. The number of benzene rings is 1. The van der Waals surface area contributed by atoms with Gasteiger partial charge in [0.2, 0.25) is 17.1 Å². The van der Waals surface area contributed by atoms with Gasteiger partial charge in [0.05, 0.1) is 5.92 Å². The molecule has 1 unspecified atom stereocenters. The molecule has 3 rings (SSSR count). The number of nitrogens with zero attached hydrogens (tertiary/aromatic N) is 1. The fraction of sp³-hybridized carbons (Fsp3) is 0.176. The van der Waals surface area contributed by atoms with E-state index in [-0.39, 0.29) is 28.7 Å². The number of aryl methyl sites for hydroxylation is 1. The Morgan fingerprint density at radius 1 is 1.39 bits per heavy atom. The third-order valence-corrected chi connectivity index (χ3v) is 3.66. The fourth-order valence-corrected chi connectivity index (χ4v) is 2.64. The van der Waals surface area contributed by atoms with Crippen LogP contribution in [0.25, 0.3) is 0 Å². The van der Waals surface area contributed by atoms with Crippen LogP contribution in [0.1, 0.15) is 28.6 Å². The van der Waals surface area contributed by atoms with Gasteiger partial charge in [-0.2, -0.15) is 5.26 Å². The molecule has 0 aliphatic carbocycles. The summed E-state index contributed by atoms with van der Waals surface area (Å²) in [6.45, 7) is 1.49. The van der Waals surface area contributed by atoms with Crippen molar-refractivity contribution in [3.8, 4) is 11.8 Å². The molecule has 0 saturated heterocycles. The number of nitriles is 1. The van der Waals surface area contributed by atoms with Crippen LogP contribution in [0.2, 0.25) is 0 Å². The van der Waals surface area contributed by atoms with Gasteiger partial charge in [-0.1, -0.05) is 29.8 Å². The van der Waals surface area contributed by atoms with Gasteiger partial charge in [-0.15, -0.1) is 0 Å². The van der Waals surface area contributed by atoms with Gasteiger partial charge in [-0.05, 0) is 12.5 Å². The van der Waals surface area contributed by atoms with E-state index in [0.29, 0.717) is 0 Å². The van der Waals surface area contributed by atoms with E-state index in [1.807, 2.05) is 37.3 Å². The zero-order chi connectivity index (χ0) is 16.6. The van der Waals surface area contributed by atoms with Crippen molar-refractivity contribution < 1.29 is 14.3 Å². The second-order valence-electron chi connectivity index (χ2n) is 5.27. The Labute approximate surface area is 132 Å². The minimum Gasteiger partial charge on any atom is -0.458 e. The Bertz CT molecular complexity index is 906. The standard InChI is InChI=1S/C17H14N2O4/c1-9-3-2-4-10(5-9)14-12(7-18)17(19)23-15-13(21)6-11(8-20)22-16(14)15/h2-6,14,20H,8,19H2,1H3. The van der Waals surface area contributed by atoms with Crippen LogP contribution in [0.15, 0.2) is 51.0 Å². The first kappa shape index (κ1) is 14.9. The largest absolute Gasteiger partial charge is 0.458 e. The first-order chi connectivity index (χ1) is 11.0. The molecule has 116 valence electrons. The second kappa shape index (κ2) is 5.63. The van der Waals surface area contributed by atoms with Crippen LogP contribution in [0.3, 0.4) is 0 Å². The highest BCUT2D eigenvalue weighted by Crippen LogP contribution is 2.40. The zero-order valence-corrected chi connectivity index (χ0v) is 12.4. The summed E-state index contributed by atoms with van der Waals surface area (Å²) in [6, 6.07) is 10.6. The lowest BCUT2D eigenvalue weighted by molar-refractivity contribution is 0.231. The maximum Gasteiger partial charge on any atom is 0.228 e. The van der Waals surface area contributed by atoms with Crippen LogP contribution in [0.4, 0.5) is 0 Å². The SMILES string of the molecule is Cc1cccc(C2C(C#N)=C(N)Oc3c2oc(CO)cc3=O)c1. The monoisotopic (exact) mass is 310 g/mol. The number of aliphatic hydroxyl groups excluding tert-OH is 1. The normalized spacial score (nSPS) is 16.5. The Morgan fingerprint density at radius 3 is 2.83 bits per heavy atom. The quantitative estimate of drug-likeness (QED) is 0.873. The molecular weight excluding hydrogens is 296 g/mol.